The van der Waals surface area contributed by atoms with E-state index in [2.05, 4.69) is 38.2 Å². The van der Waals surface area contributed by atoms with E-state index >= 15 is 0 Å². The number of ether oxygens (including phenoxy) is 1. The monoisotopic (exact) mass is 336 g/mol. The van der Waals surface area contributed by atoms with Crippen LogP contribution in [0.4, 0.5) is 10.5 Å². The normalized spacial score (nSPS) is 18.0. The van der Waals surface area contributed by atoms with Gasteiger partial charge in [-0.3, -0.25) is 0 Å². The van der Waals surface area contributed by atoms with Crippen molar-refractivity contribution in [1.29, 1.82) is 0 Å². The Morgan fingerprint density at radius 1 is 1.43 bits per heavy atom. The number of hydrogen-bond donors (Lipinski definition) is 1. The van der Waals surface area contributed by atoms with E-state index < -0.39 is 0 Å². The maximum Gasteiger partial charge on any atom is 0.321 e. The van der Waals surface area contributed by atoms with Crippen LogP contribution in [0.1, 0.15) is 32.8 Å². The summed E-state index contributed by atoms with van der Waals surface area (Å²) in [7, 11) is 1.84. The first-order valence-corrected chi connectivity index (χ1v) is 9.15. The summed E-state index contributed by atoms with van der Waals surface area (Å²) in [6.45, 7) is 8.96. The van der Waals surface area contributed by atoms with E-state index in [4.69, 9.17) is 4.74 Å². The molecule has 1 aromatic carbocycles. The van der Waals surface area contributed by atoms with E-state index in [0.717, 1.165) is 37.6 Å². The molecule has 23 heavy (non-hydrogen) atoms. The minimum absolute atomic E-state index is 0.0578. The van der Waals surface area contributed by atoms with Crippen molar-refractivity contribution in [3.05, 3.63) is 29.8 Å². The smallest absolute Gasteiger partial charge is 0.321 e. The lowest BCUT2D eigenvalue weighted by molar-refractivity contribution is 0.175. The molecule has 1 fully saturated rings. The Hall–Kier alpha value is -1.20. The summed E-state index contributed by atoms with van der Waals surface area (Å²) < 4.78 is 5.60. The number of nitrogens with zero attached hydrogens (tertiary/aromatic N) is 1. The number of carbonyl (C=O) groups excluding carboxylic acids is 1. The van der Waals surface area contributed by atoms with Gasteiger partial charge in [0.1, 0.15) is 0 Å². The minimum Gasteiger partial charge on any atom is -0.381 e. The van der Waals surface area contributed by atoms with Gasteiger partial charge < -0.3 is 15.0 Å². The summed E-state index contributed by atoms with van der Waals surface area (Å²) in [6.07, 6.45) is 1.04. The molecule has 5 heteroatoms. The molecule has 2 amide bonds. The predicted molar refractivity (Wildman–Crippen MR) is 98.1 cm³/mol. The van der Waals surface area contributed by atoms with Crippen LogP contribution in [0.15, 0.2) is 24.3 Å². The van der Waals surface area contributed by atoms with Crippen LogP contribution in [0.5, 0.6) is 0 Å². The second kappa shape index (κ2) is 8.06. The Kier molecular flexibility index (Phi) is 6.36. The molecular weight excluding hydrogens is 308 g/mol. The molecule has 0 aromatic heterocycles. The average molecular weight is 337 g/mol. The van der Waals surface area contributed by atoms with Crippen molar-refractivity contribution in [2.75, 3.05) is 32.1 Å². The molecule has 1 N–H and O–H groups in total. The highest BCUT2D eigenvalue weighted by molar-refractivity contribution is 7.99. The molecule has 1 aliphatic heterocycles. The van der Waals surface area contributed by atoms with Gasteiger partial charge in [0.25, 0.3) is 0 Å². The molecule has 1 heterocycles. The highest BCUT2D eigenvalue weighted by atomic mass is 32.2. The van der Waals surface area contributed by atoms with Gasteiger partial charge in [-0.05, 0) is 24.1 Å². The van der Waals surface area contributed by atoms with Gasteiger partial charge in [-0.25, -0.2) is 4.79 Å². The Morgan fingerprint density at radius 2 is 2.22 bits per heavy atom. The molecule has 4 nitrogen and oxygen atoms in total. The fourth-order valence-electron chi connectivity index (χ4n) is 2.46. The van der Waals surface area contributed by atoms with Gasteiger partial charge in [0, 0.05) is 42.3 Å². The lowest BCUT2D eigenvalue weighted by Gasteiger charge is -2.21. The number of hydrogen-bond acceptors (Lipinski definition) is 3. The Balaban J connectivity index is 1.87. The molecule has 0 spiro atoms. The molecule has 0 unspecified atom stereocenters. The van der Waals surface area contributed by atoms with Crippen LogP contribution in [0.2, 0.25) is 0 Å². The molecule has 1 saturated heterocycles. The second-order valence-electron chi connectivity index (χ2n) is 7.14. The zero-order chi connectivity index (χ0) is 16.9. The first-order valence-electron chi connectivity index (χ1n) is 8.16. The van der Waals surface area contributed by atoms with E-state index in [1.165, 1.54) is 5.56 Å². The van der Waals surface area contributed by atoms with Crippen molar-refractivity contribution in [3.63, 3.8) is 0 Å². The standard InChI is InChI=1S/C18H28N2O2S/c1-18(2,3)23-13-14-6-5-7-16(10-14)19-17(21)20(4)11-15-8-9-22-12-15/h5-7,10,15H,8-9,11-13H2,1-4H3,(H,19,21)/t15-/m0/s1. The molecule has 1 aliphatic rings. The van der Waals surface area contributed by atoms with Gasteiger partial charge in [0.05, 0.1) is 6.61 Å². The predicted octanol–water partition coefficient (Wildman–Crippen LogP) is 4.22. The van der Waals surface area contributed by atoms with Crippen molar-refractivity contribution in [3.8, 4) is 0 Å². The number of thioether (sulfide) groups is 1. The van der Waals surface area contributed by atoms with Crippen LogP contribution in [-0.4, -0.2) is 42.5 Å². The number of rotatable bonds is 5. The Morgan fingerprint density at radius 3 is 2.87 bits per heavy atom. The molecule has 128 valence electrons. The molecule has 0 aliphatic carbocycles. The van der Waals surface area contributed by atoms with Gasteiger partial charge in [0.15, 0.2) is 0 Å². The summed E-state index contributed by atoms with van der Waals surface area (Å²) in [4.78, 5) is 14.0. The molecule has 0 radical (unpaired) electrons. The van der Waals surface area contributed by atoms with E-state index in [-0.39, 0.29) is 10.8 Å². The molecule has 0 saturated carbocycles. The largest absolute Gasteiger partial charge is 0.381 e. The van der Waals surface area contributed by atoms with Crippen LogP contribution in [0.3, 0.4) is 0 Å². The highest BCUT2D eigenvalue weighted by Gasteiger charge is 2.20. The van der Waals surface area contributed by atoms with Crippen LogP contribution < -0.4 is 5.32 Å². The van der Waals surface area contributed by atoms with E-state index in [1.807, 2.05) is 30.9 Å². The molecule has 2 rings (SSSR count). The van der Waals surface area contributed by atoms with Gasteiger partial charge in [0.2, 0.25) is 0 Å². The topological polar surface area (TPSA) is 41.6 Å². The number of carbonyl (C=O) groups is 1. The third kappa shape index (κ3) is 6.43. The van der Waals surface area contributed by atoms with Crippen molar-refractivity contribution in [1.82, 2.24) is 4.90 Å². The van der Waals surface area contributed by atoms with Crippen LogP contribution >= 0.6 is 11.8 Å². The lowest BCUT2D eigenvalue weighted by Crippen LogP contribution is -2.35. The average Bonchev–Trinajstić information content (AvgIpc) is 2.97. The SMILES string of the molecule is CN(C[C@@H]1CCOC1)C(=O)Nc1cccc(CSC(C)(C)C)c1. The maximum absolute atomic E-state index is 12.3. The van der Waals surface area contributed by atoms with Crippen molar-refractivity contribution >= 4 is 23.5 Å². The van der Waals surface area contributed by atoms with Gasteiger partial charge >= 0.3 is 6.03 Å². The van der Waals surface area contributed by atoms with Gasteiger partial charge in [-0.1, -0.05) is 32.9 Å². The number of benzene rings is 1. The van der Waals surface area contributed by atoms with Crippen LogP contribution in [0.25, 0.3) is 0 Å². The highest BCUT2D eigenvalue weighted by Crippen LogP contribution is 2.28. The summed E-state index contributed by atoms with van der Waals surface area (Å²) in [5.41, 5.74) is 2.09. The zero-order valence-corrected chi connectivity index (χ0v) is 15.4. The minimum atomic E-state index is -0.0578. The van der Waals surface area contributed by atoms with Gasteiger partial charge in [-0.15, -0.1) is 0 Å². The number of anilines is 1. The fraction of sp³-hybridized carbons (Fsp3) is 0.611. The molecule has 1 aromatic rings. The summed E-state index contributed by atoms with van der Waals surface area (Å²) in [6, 6.07) is 8.05. The first kappa shape index (κ1) is 18.1. The number of urea groups is 1. The summed E-state index contributed by atoms with van der Waals surface area (Å²) >= 11 is 1.90. The van der Waals surface area contributed by atoms with Crippen molar-refractivity contribution in [2.24, 2.45) is 5.92 Å². The second-order valence-corrected chi connectivity index (χ2v) is 8.94. The molecule has 1 atom stereocenters. The third-order valence-electron chi connectivity index (χ3n) is 3.75. The number of nitrogens with one attached hydrogen (secondary N) is 1. The van der Waals surface area contributed by atoms with Crippen molar-refractivity contribution in [2.45, 2.75) is 37.7 Å². The quantitative estimate of drug-likeness (QED) is 0.875. The number of amides is 2. The fourth-order valence-corrected chi connectivity index (χ4v) is 3.23. The molecular formula is C18H28N2O2S. The van der Waals surface area contributed by atoms with Crippen LogP contribution in [-0.2, 0) is 10.5 Å². The first-order chi connectivity index (χ1) is 10.8. The maximum atomic E-state index is 12.3. The van der Waals surface area contributed by atoms with Crippen molar-refractivity contribution < 1.29 is 9.53 Å². The van der Waals surface area contributed by atoms with E-state index in [9.17, 15) is 4.79 Å². The lowest BCUT2D eigenvalue weighted by atomic mass is 10.1. The summed E-state index contributed by atoms with van der Waals surface area (Å²) in [5.74, 6) is 1.41. The summed E-state index contributed by atoms with van der Waals surface area (Å²) in [5, 5.41) is 2.99. The van der Waals surface area contributed by atoms with E-state index in [0.29, 0.717) is 5.92 Å². The zero-order valence-electron chi connectivity index (χ0n) is 14.6. The Labute approximate surface area is 144 Å². The van der Waals surface area contributed by atoms with Gasteiger partial charge in [-0.2, -0.15) is 11.8 Å². The molecule has 0 bridgehead atoms. The third-order valence-corrected chi connectivity index (χ3v) is 5.10. The van der Waals surface area contributed by atoms with E-state index in [1.54, 1.807) is 4.90 Å². The van der Waals surface area contributed by atoms with Crippen LogP contribution in [0, 0.1) is 5.92 Å². The Bertz CT molecular complexity index is 522.